The first-order valence-electron chi connectivity index (χ1n) is 6.27. The van der Waals surface area contributed by atoms with Crippen LogP contribution >= 0.6 is 0 Å². The van der Waals surface area contributed by atoms with E-state index in [2.05, 4.69) is 22.1 Å². The van der Waals surface area contributed by atoms with Gasteiger partial charge in [-0.05, 0) is 11.6 Å². The van der Waals surface area contributed by atoms with Crippen LogP contribution in [0.3, 0.4) is 0 Å². The number of hydrogen-bond donors (Lipinski definition) is 0. The zero-order valence-corrected chi connectivity index (χ0v) is 10.8. The maximum absolute atomic E-state index is 12.0. The number of allylic oxidation sites excluding steroid dienone is 1. The number of carbonyl (C=O) groups is 1. The van der Waals surface area contributed by atoms with Crippen molar-refractivity contribution in [3.8, 4) is 0 Å². The lowest BCUT2D eigenvalue weighted by atomic mass is 10.2. The van der Waals surface area contributed by atoms with E-state index in [1.54, 1.807) is 17.0 Å². The van der Waals surface area contributed by atoms with Crippen molar-refractivity contribution in [2.75, 3.05) is 11.4 Å². The minimum absolute atomic E-state index is 0.0265. The summed E-state index contributed by atoms with van der Waals surface area (Å²) in [4.78, 5) is 14.1. The Morgan fingerprint density at radius 3 is 2.84 bits per heavy atom. The largest absolute Gasteiger partial charge is 0.348 e. The van der Waals surface area contributed by atoms with Crippen molar-refractivity contribution in [1.82, 2.24) is 9.78 Å². The molecule has 0 spiro atoms. The van der Waals surface area contributed by atoms with E-state index in [0.717, 1.165) is 12.4 Å². The highest BCUT2D eigenvalue weighted by molar-refractivity contribution is 6.08. The fourth-order valence-electron chi connectivity index (χ4n) is 2.39. The van der Waals surface area contributed by atoms with Crippen molar-refractivity contribution < 1.29 is 4.79 Å². The Kier molecular flexibility index (Phi) is 2.91. The van der Waals surface area contributed by atoms with E-state index in [1.165, 1.54) is 5.56 Å². The van der Waals surface area contributed by atoms with Crippen molar-refractivity contribution in [3.63, 3.8) is 0 Å². The van der Waals surface area contributed by atoms with E-state index in [0.29, 0.717) is 12.1 Å². The Balaban J connectivity index is 1.98. The van der Waals surface area contributed by atoms with E-state index in [4.69, 9.17) is 0 Å². The van der Waals surface area contributed by atoms with Crippen molar-refractivity contribution >= 4 is 11.6 Å². The molecule has 4 heteroatoms. The van der Waals surface area contributed by atoms with Crippen molar-refractivity contribution in [3.05, 3.63) is 59.8 Å². The van der Waals surface area contributed by atoms with E-state index in [1.807, 2.05) is 31.3 Å². The number of fused-ring (bicyclic) bond motifs is 1. The summed E-state index contributed by atoms with van der Waals surface area (Å²) in [7, 11) is 1.87. The summed E-state index contributed by atoms with van der Waals surface area (Å²) >= 11 is 0. The molecule has 0 unspecified atom stereocenters. The first-order valence-corrected chi connectivity index (χ1v) is 6.27. The number of ketones is 1. The molecule has 19 heavy (non-hydrogen) atoms. The number of nitrogens with zero attached hydrogens (tertiary/aromatic N) is 3. The summed E-state index contributed by atoms with van der Waals surface area (Å²) in [6.45, 7) is 1.48. The van der Waals surface area contributed by atoms with Gasteiger partial charge in [-0.3, -0.25) is 9.48 Å². The first kappa shape index (κ1) is 11.7. The Bertz CT molecular complexity index is 628. The van der Waals surface area contributed by atoms with Gasteiger partial charge in [0.2, 0.25) is 0 Å². The molecule has 0 saturated heterocycles. The molecule has 1 aromatic carbocycles. The summed E-state index contributed by atoms with van der Waals surface area (Å²) < 4.78 is 1.77. The Morgan fingerprint density at radius 2 is 2.05 bits per heavy atom. The molecule has 2 heterocycles. The number of benzene rings is 1. The second-order valence-corrected chi connectivity index (χ2v) is 4.64. The Morgan fingerprint density at radius 1 is 1.26 bits per heavy atom. The highest BCUT2D eigenvalue weighted by Gasteiger charge is 2.21. The molecule has 2 aromatic rings. The fraction of sp³-hybridized carbons (Fsp3) is 0.200. The molecular weight excluding hydrogens is 238 g/mol. The first-order chi connectivity index (χ1) is 9.25. The van der Waals surface area contributed by atoms with Crippen LogP contribution in [0.1, 0.15) is 15.9 Å². The van der Waals surface area contributed by atoms with Crippen LogP contribution in [-0.2, 0) is 13.6 Å². The Hall–Kier alpha value is -2.36. The SMILES string of the molecule is Cn1ncc2c1N(Cc1ccccc1)CC=CC2=O. The van der Waals surface area contributed by atoms with Gasteiger partial charge in [-0.2, -0.15) is 5.10 Å². The normalized spacial score (nSPS) is 14.4. The van der Waals surface area contributed by atoms with Gasteiger partial charge in [0.25, 0.3) is 0 Å². The van der Waals surface area contributed by atoms with Gasteiger partial charge in [0, 0.05) is 20.1 Å². The summed E-state index contributed by atoms with van der Waals surface area (Å²) in [5, 5.41) is 4.20. The molecule has 0 atom stereocenters. The van der Waals surface area contributed by atoms with Crippen LogP contribution in [-0.4, -0.2) is 22.1 Å². The number of hydrogen-bond acceptors (Lipinski definition) is 3. The molecule has 0 fully saturated rings. The molecule has 1 aromatic heterocycles. The summed E-state index contributed by atoms with van der Waals surface area (Å²) in [6.07, 6.45) is 5.18. The molecule has 0 radical (unpaired) electrons. The van der Waals surface area contributed by atoms with Gasteiger partial charge in [0.05, 0.1) is 11.8 Å². The monoisotopic (exact) mass is 253 g/mol. The van der Waals surface area contributed by atoms with Crippen LogP contribution < -0.4 is 4.90 Å². The van der Waals surface area contributed by atoms with Crippen LogP contribution in [0, 0.1) is 0 Å². The lowest BCUT2D eigenvalue weighted by molar-refractivity contribution is 0.104. The zero-order chi connectivity index (χ0) is 13.2. The smallest absolute Gasteiger partial charge is 0.190 e. The van der Waals surface area contributed by atoms with E-state index < -0.39 is 0 Å². The minimum atomic E-state index is 0.0265. The van der Waals surface area contributed by atoms with Crippen molar-refractivity contribution in [2.24, 2.45) is 7.05 Å². The average molecular weight is 253 g/mol. The number of rotatable bonds is 2. The number of aromatic nitrogens is 2. The third-order valence-corrected chi connectivity index (χ3v) is 3.28. The third kappa shape index (κ3) is 2.17. The van der Waals surface area contributed by atoms with Gasteiger partial charge in [-0.1, -0.05) is 36.4 Å². The van der Waals surface area contributed by atoms with Gasteiger partial charge >= 0.3 is 0 Å². The van der Waals surface area contributed by atoms with Gasteiger partial charge < -0.3 is 4.90 Å². The maximum Gasteiger partial charge on any atom is 0.190 e. The zero-order valence-electron chi connectivity index (χ0n) is 10.8. The van der Waals surface area contributed by atoms with E-state index in [9.17, 15) is 4.79 Å². The molecular formula is C15H15N3O. The lowest BCUT2D eigenvalue weighted by Gasteiger charge is -2.23. The molecule has 0 saturated carbocycles. The fourth-order valence-corrected chi connectivity index (χ4v) is 2.39. The van der Waals surface area contributed by atoms with Crippen LogP contribution in [0.15, 0.2) is 48.7 Å². The number of anilines is 1. The van der Waals surface area contributed by atoms with Gasteiger partial charge in [-0.25, -0.2) is 0 Å². The van der Waals surface area contributed by atoms with Crippen LogP contribution in [0.5, 0.6) is 0 Å². The second kappa shape index (κ2) is 4.72. The lowest BCUT2D eigenvalue weighted by Crippen LogP contribution is -2.25. The molecule has 0 bridgehead atoms. The van der Waals surface area contributed by atoms with Crippen LogP contribution in [0.4, 0.5) is 5.82 Å². The second-order valence-electron chi connectivity index (χ2n) is 4.64. The molecule has 0 aliphatic carbocycles. The van der Waals surface area contributed by atoms with Gasteiger partial charge in [-0.15, -0.1) is 0 Å². The molecule has 96 valence electrons. The molecule has 1 aliphatic heterocycles. The summed E-state index contributed by atoms with van der Waals surface area (Å²) in [5.41, 5.74) is 1.89. The third-order valence-electron chi connectivity index (χ3n) is 3.28. The molecule has 0 N–H and O–H groups in total. The minimum Gasteiger partial charge on any atom is -0.348 e. The molecule has 4 nitrogen and oxygen atoms in total. The average Bonchev–Trinajstić information content (AvgIpc) is 2.73. The van der Waals surface area contributed by atoms with Crippen molar-refractivity contribution in [2.45, 2.75) is 6.54 Å². The van der Waals surface area contributed by atoms with Crippen LogP contribution in [0.2, 0.25) is 0 Å². The van der Waals surface area contributed by atoms with E-state index >= 15 is 0 Å². The van der Waals surface area contributed by atoms with Crippen molar-refractivity contribution in [1.29, 1.82) is 0 Å². The van der Waals surface area contributed by atoms with E-state index in [-0.39, 0.29) is 5.78 Å². The highest BCUT2D eigenvalue weighted by atomic mass is 16.1. The maximum atomic E-state index is 12.0. The number of aryl methyl sites for hydroxylation is 1. The quantitative estimate of drug-likeness (QED) is 0.823. The Labute approximate surface area is 112 Å². The number of carbonyl (C=O) groups excluding carboxylic acids is 1. The molecule has 1 aliphatic rings. The summed E-state index contributed by atoms with van der Waals surface area (Å²) in [6, 6.07) is 10.2. The predicted octanol–water partition coefficient (Wildman–Crippen LogP) is 2.18. The van der Waals surface area contributed by atoms with Crippen LogP contribution in [0.25, 0.3) is 0 Å². The topological polar surface area (TPSA) is 38.1 Å². The molecule has 0 amide bonds. The van der Waals surface area contributed by atoms with Gasteiger partial charge in [0.1, 0.15) is 5.82 Å². The summed E-state index contributed by atoms with van der Waals surface area (Å²) in [5.74, 6) is 0.914. The van der Waals surface area contributed by atoms with Gasteiger partial charge in [0.15, 0.2) is 5.78 Å². The molecule has 3 rings (SSSR count). The predicted molar refractivity (Wildman–Crippen MR) is 74.2 cm³/mol. The standard InChI is InChI=1S/C15H15N3O/c1-17-15-13(10-16-17)14(19)8-5-9-18(15)11-12-6-3-2-4-7-12/h2-8,10H,9,11H2,1H3. The highest BCUT2D eigenvalue weighted by Crippen LogP contribution is 2.24.